The highest BCUT2D eigenvalue weighted by Gasteiger charge is 2.23. The third-order valence-corrected chi connectivity index (χ3v) is 4.56. The van der Waals surface area contributed by atoms with Crippen molar-refractivity contribution in [1.29, 1.82) is 0 Å². The molecule has 3 rings (SSSR count). The van der Waals surface area contributed by atoms with Crippen molar-refractivity contribution in [3.05, 3.63) is 89.5 Å². The van der Waals surface area contributed by atoms with Gasteiger partial charge in [-0.05, 0) is 52.4 Å². The van der Waals surface area contributed by atoms with Crippen molar-refractivity contribution in [2.45, 2.75) is 25.9 Å². The average Bonchev–Trinajstić information content (AvgIpc) is 2.67. The van der Waals surface area contributed by atoms with Gasteiger partial charge in [-0.25, -0.2) is 8.78 Å². The summed E-state index contributed by atoms with van der Waals surface area (Å²) in [4.78, 5) is 0. The average molecular weight is 402 g/mol. The van der Waals surface area contributed by atoms with E-state index in [9.17, 15) is 22.0 Å². The van der Waals surface area contributed by atoms with Gasteiger partial charge >= 0.3 is 6.18 Å². The second-order valence-electron chi connectivity index (χ2n) is 6.75. The summed E-state index contributed by atoms with van der Waals surface area (Å²) >= 11 is 0. The summed E-state index contributed by atoms with van der Waals surface area (Å²) in [5, 5.41) is 0. The van der Waals surface area contributed by atoms with Gasteiger partial charge in [0.15, 0.2) is 0 Å². The number of benzene rings is 3. The number of aryl methyl sites for hydroxylation is 1. The van der Waals surface area contributed by atoms with Gasteiger partial charge in [0.25, 0.3) is 0 Å². The van der Waals surface area contributed by atoms with Crippen LogP contribution in [-0.4, -0.2) is 6.18 Å². The summed E-state index contributed by atoms with van der Waals surface area (Å²) in [6, 6.07) is 17.4. The molecule has 29 heavy (non-hydrogen) atoms. The summed E-state index contributed by atoms with van der Waals surface area (Å²) < 4.78 is 65.1. The third-order valence-electron chi connectivity index (χ3n) is 4.56. The molecule has 0 unspecified atom stereocenters. The monoisotopic (exact) mass is 402 g/mol. The molecule has 0 atom stereocenters. The first-order chi connectivity index (χ1) is 13.8. The summed E-state index contributed by atoms with van der Waals surface area (Å²) in [6.07, 6.45) is -2.33. The Balaban J connectivity index is 1.85. The molecule has 5 heteroatoms. The maximum absolute atomic E-state index is 14.2. The fourth-order valence-corrected chi connectivity index (χ4v) is 3.10. The molecule has 0 fully saturated rings. The zero-order valence-corrected chi connectivity index (χ0v) is 15.7. The van der Waals surface area contributed by atoms with Gasteiger partial charge < -0.3 is 0 Å². The molecule has 0 amide bonds. The van der Waals surface area contributed by atoms with Crippen LogP contribution < -0.4 is 0 Å². The van der Waals surface area contributed by atoms with E-state index in [2.05, 4.69) is 19.1 Å². The Hall–Kier alpha value is -2.95. The predicted octanol–water partition coefficient (Wildman–Crippen LogP) is 7.83. The maximum Gasteiger partial charge on any atom is 0.409 e. The first-order valence-corrected chi connectivity index (χ1v) is 9.21. The molecular weight excluding hydrogens is 383 g/mol. The number of halogens is 5. The van der Waals surface area contributed by atoms with E-state index in [-0.39, 0.29) is 11.6 Å². The van der Waals surface area contributed by atoms with E-state index < -0.39 is 23.4 Å². The van der Waals surface area contributed by atoms with E-state index in [1.54, 1.807) is 12.1 Å². The van der Waals surface area contributed by atoms with Gasteiger partial charge in [0, 0.05) is 11.6 Å². The molecule has 0 nitrogen and oxygen atoms in total. The normalized spacial score (nSPS) is 11.9. The highest BCUT2D eigenvalue weighted by Crippen LogP contribution is 2.29. The van der Waals surface area contributed by atoms with Crippen molar-refractivity contribution in [3.8, 4) is 22.3 Å². The predicted molar refractivity (Wildman–Crippen MR) is 106 cm³/mol. The highest BCUT2D eigenvalue weighted by atomic mass is 19.4. The van der Waals surface area contributed by atoms with E-state index >= 15 is 0 Å². The first-order valence-electron chi connectivity index (χ1n) is 9.21. The second kappa shape index (κ2) is 8.60. The number of allylic oxidation sites excluding steroid dienone is 1. The Labute approximate surface area is 166 Å². The topological polar surface area (TPSA) is 0 Å². The highest BCUT2D eigenvalue weighted by molar-refractivity contribution is 5.71. The first kappa shape index (κ1) is 20.8. The van der Waals surface area contributed by atoms with Gasteiger partial charge in [0.05, 0.1) is 0 Å². The summed E-state index contributed by atoms with van der Waals surface area (Å²) in [7, 11) is 0. The van der Waals surface area contributed by atoms with Crippen LogP contribution in [0.5, 0.6) is 0 Å². The molecule has 0 aromatic heterocycles. The van der Waals surface area contributed by atoms with E-state index in [0.717, 1.165) is 36.1 Å². The van der Waals surface area contributed by atoms with Crippen molar-refractivity contribution in [3.63, 3.8) is 0 Å². The number of alkyl halides is 3. The van der Waals surface area contributed by atoms with Crippen LogP contribution in [0.3, 0.4) is 0 Å². The molecule has 0 aliphatic heterocycles. The molecule has 150 valence electrons. The lowest BCUT2D eigenvalue weighted by atomic mass is 9.98. The number of rotatable bonds is 5. The van der Waals surface area contributed by atoms with Crippen LogP contribution in [0.4, 0.5) is 22.0 Å². The molecule has 0 aliphatic carbocycles. The minimum absolute atomic E-state index is 0.186. The van der Waals surface area contributed by atoms with Crippen molar-refractivity contribution in [2.75, 3.05) is 0 Å². The molecule has 0 spiro atoms. The minimum Gasteiger partial charge on any atom is -0.206 e. The van der Waals surface area contributed by atoms with Crippen LogP contribution in [-0.2, 0) is 6.42 Å². The molecule has 0 saturated heterocycles. The number of hydrogen-bond acceptors (Lipinski definition) is 0. The molecule has 0 heterocycles. The van der Waals surface area contributed by atoms with E-state index in [1.165, 1.54) is 5.56 Å². The Kier molecular flexibility index (Phi) is 6.16. The Bertz CT molecular complexity index is 974. The fraction of sp³-hybridized carbons (Fsp3) is 0.167. The van der Waals surface area contributed by atoms with Gasteiger partial charge in [-0.1, -0.05) is 61.9 Å². The largest absolute Gasteiger partial charge is 0.409 e. The standard InChI is InChI=1S/C24H19F5/c1-2-3-16-4-6-17(7-5-16)18-8-10-19(11-9-18)20-14-22(25)21(23(26)15-20)12-13-24(27,28)29/h4-15H,2-3H2,1H3. The van der Waals surface area contributed by atoms with Crippen molar-refractivity contribution in [1.82, 2.24) is 0 Å². The van der Waals surface area contributed by atoms with Crippen LogP contribution >= 0.6 is 0 Å². The summed E-state index contributed by atoms with van der Waals surface area (Å²) in [5.41, 5.74) is 3.37. The van der Waals surface area contributed by atoms with Crippen molar-refractivity contribution >= 4 is 6.08 Å². The SMILES string of the molecule is CCCc1ccc(-c2ccc(-c3cc(F)c(C=CC(F)(F)F)c(F)c3)cc2)cc1. The van der Waals surface area contributed by atoms with Gasteiger partial charge in [0.1, 0.15) is 11.6 Å². The molecule has 3 aromatic carbocycles. The molecule has 0 saturated carbocycles. The Morgan fingerprint density at radius 2 is 1.17 bits per heavy atom. The lowest BCUT2D eigenvalue weighted by Crippen LogP contribution is -2.01. The maximum atomic E-state index is 14.2. The lowest BCUT2D eigenvalue weighted by molar-refractivity contribution is -0.0790. The van der Waals surface area contributed by atoms with E-state index in [4.69, 9.17) is 0 Å². The molecule has 0 bridgehead atoms. The van der Waals surface area contributed by atoms with Gasteiger partial charge in [-0.3, -0.25) is 0 Å². The Morgan fingerprint density at radius 3 is 1.62 bits per heavy atom. The molecule has 0 N–H and O–H groups in total. The van der Waals surface area contributed by atoms with E-state index in [1.807, 2.05) is 24.3 Å². The minimum atomic E-state index is -4.64. The molecule has 0 radical (unpaired) electrons. The number of hydrogen-bond donors (Lipinski definition) is 0. The summed E-state index contributed by atoms with van der Waals surface area (Å²) in [6.45, 7) is 2.12. The van der Waals surface area contributed by atoms with Crippen molar-refractivity contribution in [2.24, 2.45) is 0 Å². The molecule has 3 aromatic rings. The smallest absolute Gasteiger partial charge is 0.206 e. The van der Waals surface area contributed by atoms with Gasteiger partial charge in [-0.15, -0.1) is 0 Å². The van der Waals surface area contributed by atoms with Gasteiger partial charge in [0.2, 0.25) is 0 Å². The van der Waals surface area contributed by atoms with Crippen molar-refractivity contribution < 1.29 is 22.0 Å². The Morgan fingerprint density at radius 1 is 0.724 bits per heavy atom. The quantitative estimate of drug-likeness (QED) is 0.382. The fourth-order valence-electron chi connectivity index (χ4n) is 3.10. The third kappa shape index (κ3) is 5.31. The van der Waals surface area contributed by atoms with Crippen LogP contribution in [0.1, 0.15) is 24.5 Å². The van der Waals surface area contributed by atoms with Gasteiger partial charge in [-0.2, -0.15) is 13.2 Å². The summed E-state index contributed by atoms with van der Waals surface area (Å²) in [5.74, 6) is -2.09. The van der Waals surface area contributed by atoms with E-state index in [0.29, 0.717) is 11.6 Å². The second-order valence-corrected chi connectivity index (χ2v) is 6.75. The molecule has 0 aliphatic rings. The zero-order valence-electron chi connectivity index (χ0n) is 15.7. The lowest BCUT2D eigenvalue weighted by Gasteiger charge is -2.08. The molecular formula is C24H19F5. The van der Waals surface area contributed by atoms with Crippen LogP contribution in [0.25, 0.3) is 28.3 Å². The van der Waals surface area contributed by atoms with Crippen LogP contribution in [0.15, 0.2) is 66.7 Å². The van der Waals surface area contributed by atoms with Crippen LogP contribution in [0.2, 0.25) is 0 Å². The zero-order chi connectivity index (χ0) is 21.0. The van der Waals surface area contributed by atoms with Crippen LogP contribution in [0, 0.1) is 11.6 Å².